The van der Waals surface area contributed by atoms with Gasteiger partial charge < -0.3 is 9.47 Å². The Morgan fingerprint density at radius 3 is 2.42 bits per heavy atom. The molecule has 2 rings (SSSR count). The molecule has 6 nitrogen and oxygen atoms in total. The van der Waals surface area contributed by atoms with Gasteiger partial charge in [-0.05, 0) is 33.8 Å². The molecule has 1 amide bonds. The maximum atomic E-state index is 12.3. The van der Waals surface area contributed by atoms with Crippen LogP contribution in [0.3, 0.4) is 0 Å². The van der Waals surface area contributed by atoms with E-state index in [1.165, 1.54) is 5.01 Å². The number of ether oxygens (including phenoxy) is 2. The first-order valence-electron chi connectivity index (χ1n) is 6.52. The first kappa shape index (κ1) is 13.9. The fourth-order valence-corrected chi connectivity index (χ4v) is 2.31. The minimum atomic E-state index is -1.07. The summed E-state index contributed by atoms with van der Waals surface area (Å²) in [6.07, 6.45) is 3.07. The SMILES string of the molecule is CC(C)OC(=O)N1NC2C=CC1(C(=O)OC(C)C)C2. The highest BCUT2D eigenvalue weighted by atomic mass is 16.6. The van der Waals surface area contributed by atoms with Crippen LogP contribution < -0.4 is 5.43 Å². The Bertz CT molecular complexity index is 419. The first-order valence-corrected chi connectivity index (χ1v) is 6.52. The normalized spacial score (nSPS) is 28.3. The van der Waals surface area contributed by atoms with E-state index in [2.05, 4.69) is 5.43 Å². The number of hydrogen-bond acceptors (Lipinski definition) is 5. The minimum Gasteiger partial charge on any atom is -0.461 e. The molecule has 106 valence electrons. The van der Waals surface area contributed by atoms with Gasteiger partial charge in [-0.3, -0.25) is 0 Å². The smallest absolute Gasteiger partial charge is 0.425 e. The van der Waals surface area contributed by atoms with Crippen molar-refractivity contribution < 1.29 is 19.1 Å². The van der Waals surface area contributed by atoms with Crippen LogP contribution in [0.2, 0.25) is 0 Å². The standard InChI is InChI=1S/C13H20N2O4/c1-8(2)18-11(16)13-6-5-10(7-13)14-15(13)12(17)19-9(3)4/h5-6,8-10,14H,7H2,1-4H3. The monoisotopic (exact) mass is 268 g/mol. The van der Waals surface area contributed by atoms with Gasteiger partial charge >= 0.3 is 12.1 Å². The third-order valence-electron chi connectivity index (χ3n) is 3.04. The van der Waals surface area contributed by atoms with Crippen LogP contribution in [-0.4, -0.2) is 40.9 Å². The van der Waals surface area contributed by atoms with Crippen LogP contribution in [0.5, 0.6) is 0 Å². The summed E-state index contributed by atoms with van der Waals surface area (Å²) in [4.78, 5) is 24.3. The van der Waals surface area contributed by atoms with Crippen molar-refractivity contribution in [3.63, 3.8) is 0 Å². The van der Waals surface area contributed by atoms with Crippen molar-refractivity contribution in [2.45, 2.75) is 57.9 Å². The van der Waals surface area contributed by atoms with E-state index in [0.717, 1.165) is 0 Å². The Balaban J connectivity index is 2.18. The summed E-state index contributed by atoms with van der Waals surface area (Å²) in [5.74, 6) is -0.424. The van der Waals surface area contributed by atoms with E-state index >= 15 is 0 Å². The average molecular weight is 268 g/mol. The zero-order chi connectivity index (χ0) is 14.2. The third-order valence-corrected chi connectivity index (χ3v) is 3.04. The lowest BCUT2D eigenvalue weighted by Crippen LogP contribution is -2.57. The quantitative estimate of drug-likeness (QED) is 0.618. The molecule has 0 radical (unpaired) electrons. The summed E-state index contributed by atoms with van der Waals surface area (Å²) in [5, 5.41) is 1.25. The Morgan fingerprint density at radius 2 is 1.89 bits per heavy atom. The van der Waals surface area contributed by atoms with Gasteiger partial charge in [-0.2, -0.15) is 0 Å². The minimum absolute atomic E-state index is 0.0283. The molecule has 0 aromatic heterocycles. The molecular weight excluding hydrogens is 248 g/mol. The highest BCUT2D eigenvalue weighted by molar-refractivity contribution is 5.90. The van der Waals surface area contributed by atoms with Crippen molar-refractivity contribution in [3.8, 4) is 0 Å². The maximum Gasteiger partial charge on any atom is 0.425 e. The van der Waals surface area contributed by atoms with Crippen molar-refractivity contribution in [3.05, 3.63) is 12.2 Å². The second kappa shape index (κ2) is 4.85. The molecule has 2 atom stereocenters. The van der Waals surface area contributed by atoms with Crippen LogP contribution >= 0.6 is 0 Å². The van der Waals surface area contributed by atoms with E-state index in [1.54, 1.807) is 33.8 Å². The second-order valence-corrected chi connectivity index (χ2v) is 5.45. The average Bonchev–Trinajstić information content (AvgIpc) is 2.85. The fourth-order valence-electron chi connectivity index (χ4n) is 2.31. The first-order chi connectivity index (χ1) is 8.85. The van der Waals surface area contributed by atoms with Crippen molar-refractivity contribution in [2.24, 2.45) is 0 Å². The highest BCUT2D eigenvalue weighted by Crippen LogP contribution is 2.37. The summed E-state index contributed by atoms with van der Waals surface area (Å²) >= 11 is 0. The van der Waals surface area contributed by atoms with Crippen LogP contribution in [0.25, 0.3) is 0 Å². The topological polar surface area (TPSA) is 67.9 Å². The summed E-state index contributed by atoms with van der Waals surface area (Å²) in [6, 6.07) is -0.0283. The van der Waals surface area contributed by atoms with E-state index in [-0.39, 0.29) is 18.2 Å². The summed E-state index contributed by atoms with van der Waals surface area (Å²) in [5.41, 5.74) is 1.89. The number of carbonyl (C=O) groups excluding carboxylic acids is 2. The zero-order valence-corrected chi connectivity index (χ0v) is 11.7. The van der Waals surface area contributed by atoms with Gasteiger partial charge in [-0.25, -0.2) is 20.0 Å². The molecule has 1 N–H and O–H groups in total. The van der Waals surface area contributed by atoms with Crippen molar-refractivity contribution in [2.75, 3.05) is 0 Å². The number of nitrogens with zero attached hydrogens (tertiary/aromatic N) is 1. The van der Waals surface area contributed by atoms with Crippen molar-refractivity contribution >= 4 is 12.1 Å². The number of fused-ring (bicyclic) bond motifs is 2. The molecule has 0 spiro atoms. The lowest BCUT2D eigenvalue weighted by molar-refractivity contribution is -0.157. The Labute approximate surface area is 112 Å². The Kier molecular flexibility index (Phi) is 3.54. The molecule has 0 aromatic carbocycles. The van der Waals surface area contributed by atoms with Gasteiger partial charge in [0, 0.05) is 12.5 Å². The molecule has 1 aliphatic carbocycles. The molecule has 19 heavy (non-hydrogen) atoms. The highest BCUT2D eigenvalue weighted by Gasteiger charge is 2.57. The molecule has 1 heterocycles. The van der Waals surface area contributed by atoms with Gasteiger partial charge in [0.2, 0.25) is 0 Å². The third kappa shape index (κ3) is 2.45. The number of hydrogen-bond donors (Lipinski definition) is 1. The molecule has 1 saturated heterocycles. The molecular formula is C13H20N2O4. The Hall–Kier alpha value is -1.56. The van der Waals surface area contributed by atoms with E-state index in [9.17, 15) is 9.59 Å². The Morgan fingerprint density at radius 1 is 1.26 bits per heavy atom. The van der Waals surface area contributed by atoms with Crippen molar-refractivity contribution in [1.29, 1.82) is 0 Å². The van der Waals surface area contributed by atoms with Gasteiger partial charge in [0.15, 0.2) is 5.54 Å². The largest absolute Gasteiger partial charge is 0.461 e. The molecule has 0 saturated carbocycles. The molecule has 1 fully saturated rings. The van der Waals surface area contributed by atoms with E-state index in [1.807, 2.05) is 6.08 Å². The lowest BCUT2D eigenvalue weighted by Gasteiger charge is -2.33. The summed E-state index contributed by atoms with van der Waals surface area (Å²) in [6.45, 7) is 7.09. The van der Waals surface area contributed by atoms with Crippen LogP contribution in [0.4, 0.5) is 4.79 Å². The molecule has 0 aromatic rings. The number of carbonyl (C=O) groups is 2. The summed E-state index contributed by atoms with van der Waals surface area (Å²) in [7, 11) is 0. The van der Waals surface area contributed by atoms with Crippen LogP contribution in [0.1, 0.15) is 34.1 Å². The van der Waals surface area contributed by atoms with Crippen LogP contribution in [-0.2, 0) is 14.3 Å². The van der Waals surface area contributed by atoms with Gasteiger partial charge in [0.1, 0.15) is 0 Å². The number of esters is 1. The molecule has 2 aliphatic rings. The zero-order valence-electron chi connectivity index (χ0n) is 11.7. The van der Waals surface area contributed by atoms with Gasteiger partial charge in [-0.1, -0.05) is 6.08 Å². The molecule has 2 unspecified atom stereocenters. The molecule has 6 heteroatoms. The number of amides is 1. The maximum absolute atomic E-state index is 12.3. The summed E-state index contributed by atoms with van der Waals surface area (Å²) < 4.78 is 10.4. The predicted molar refractivity (Wildman–Crippen MR) is 68.1 cm³/mol. The number of nitrogens with one attached hydrogen (secondary N) is 1. The van der Waals surface area contributed by atoms with E-state index in [4.69, 9.17) is 9.47 Å². The van der Waals surface area contributed by atoms with Gasteiger partial charge in [0.25, 0.3) is 0 Å². The van der Waals surface area contributed by atoms with Gasteiger partial charge in [0.05, 0.1) is 12.2 Å². The number of hydrazine groups is 1. The molecule has 2 bridgehead atoms. The predicted octanol–water partition coefficient (Wildman–Crippen LogP) is 1.37. The number of rotatable bonds is 3. The second-order valence-electron chi connectivity index (χ2n) is 5.45. The fraction of sp³-hybridized carbons (Fsp3) is 0.692. The van der Waals surface area contributed by atoms with E-state index in [0.29, 0.717) is 6.42 Å². The van der Waals surface area contributed by atoms with E-state index < -0.39 is 17.6 Å². The lowest BCUT2D eigenvalue weighted by atomic mass is 9.99. The van der Waals surface area contributed by atoms with Crippen LogP contribution in [0.15, 0.2) is 12.2 Å². The van der Waals surface area contributed by atoms with Crippen LogP contribution in [0, 0.1) is 0 Å². The molecule has 1 aliphatic heterocycles. The van der Waals surface area contributed by atoms with Gasteiger partial charge in [-0.15, -0.1) is 0 Å². The van der Waals surface area contributed by atoms with Crippen molar-refractivity contribution in [1.82, 2.24) is 10.4 Å².